The summed E-state index contributed by atoms with van der Waals surface area (Å²) in [6, 6.07) is 19.0. The SMILES string of the molecule is CC(C)CN(CC(O)C(Cc1ccc(OCc2ccccc2)cc1)NC(=O)OC1COC2OCCC12)S(=O)(=O)c1ccc2c(c1)OC(F)(F)O2. The van der Waals surface area contributed by atoms with E-state index in [-0.39, 0.29) is 42.1 Å². The first kappa shape index (κ1) is 35.8. The van der Waals surface area contributed by atoms with Crippen LogP contribution in [-0.4, -0.2) is 81.1 Å². The van der Waals surface area contributed by atoms with Crippen molar-refractivity contribution in [3.8, 4) is 17.2 Å². The zero-order valence-corrected chi connectivity index (χ0v) is 28.4. The van der Waals surface area contributed by atoms with E-state index in [1.54, 1.807) is 38.1 Å². The number of ether oxygens (including phenoxy) is 6. The molecule has 270 valence electrons. The van der Waals surface area contributed by atoms with E-state index in [2.05, 4.69) is 14.8 Å². The zero-order valence-electron chi connectivity index (χ0n) is 27.6. The summed E-state index contributed by atoms with van der Waals surface area (Å²) in [5, 5.41) is 14.4. The van der Waals surface area contributed by atoms with Gasteiger partial charge in [0.25, 0.3) is 0 Å². The van der Waals surface area contributed by atoms with Gasteiger partial charge in [-0.25, -0.2) is 13.2 Å². The van der Waals surface area contributed by atoms with Crippen molar-refractivity contribution in [3.05, 3.63) is 83.9 Å². The predicted octanol–water partition coefficient (Wildman–Crippen LogP) is 4.69. The number of halogens is 2. The third kappa shape index (κ3) is 8.64. The number of nitrogens with zero attached hydrogens (tertiary/aromatic N) is 1. The van der Waals surface area contributed by atoms with Crippen LogP contribution < -0.4 is 19.5 Å². The molecule has 3 aromatic rings. The van der Waals surface area contributed by atoms with E-state index in [0.29, 0.717) is 25.4 Å². The second-order valence-electron chi connectivity index (χ2n) is 12.9. The van der Waals surface area contributed by atoms with E-state index in [4.69, 9.17) is 18.9 Å². The molecule has 50 heavy (non-hydrogen) atoms. The average Bonchev–Trinajstić information content (AvgIpc) is 3.78. The van der Waals surface area contributed by atoms with Gasteiger partial charge in [-0.3, -0.25) is 0 Å². The Balaban J connectivity index is 1.19. The lowest BCUT2D eigenvalue weighted by atomic mass is 10.0. The molecule has 15 heteroatoms. The van der Waals surface area contributed by atoms with Crippen molar-refractivity contribution in [1.29, 1.82) is 0 Å². The summed E-state index contributed by atoms with van der Waals surface area (Å²) in [6.07, 6.45) is -6.34. The smallest absolute Gasteiger partial charge is 0.489 e. The van der Waals surface area contributed by atoms with Crippen molar-refractivity contribution in [3.63, 3.8) is 0 Å². The third-order valence-corrected chi connectivity index (χ3v) is 10.4. The number of alkyl carbamates (subject to hydrolysis) is 1. The number of carbonyl (C=O) groups is 1. The number of aliphatic hydroxyl groups excluding tert-OH is 1. The van der Waals surface area contributed by atoms with Crippen LogP contribution in [0, 0.1) is 11.8 Å². The van der Waals surface area contributed by atoms with Crippen LogP contribution in [0.2, 0.25) is 0 Å². The molecule has 1 amide bonds. The Hall–Kier alpha value is -4.02. The number of hydrogen-bond donors (Lipinski definition) is 2. The van der Waals surface area contributed by atoms with E-state index in [0.717, 1.165) is 33.6 Å². The number of aliphatic hydroxyl groups is 1. The maximum Gasteiger partial charge on any atom is 0.586 e. The van der Waals surface area contributed by atoms with Crippen LogP contribution in [0.4, 0.5) is 13.6 Å². The number of sulfonamides is 1. The largest absolute Gasteiger partial charge is 0.586 e. The Bertz CT molecular complexity index is 1730. The fourth-order valence-electron chi connectivity index (χ4n) is 6.12. The molecule has 0 aromatic heterocycles. The van der Waals surface area contributed by atoms with Gasteiger partial charge in [-0.05, 0) is 54.2 Å². The summed E-state index contributed by atoms with van der Waals surface area (Å²) >= 11 is 0. The van der Waals surface area contributed by atoms with Gasteiger partial charge < -0.3 is 38.8 Å². The summed E-state index contributed by atoms with van der Waals surface area (Å²) in [5.74, 6) is -0.399. The average molecular weight is 719 g/mol. The molecule has 0 spiro atoms. The van der Waals surface area contributed by atoms with Gasteiger partial charge in [-0.2, -0.15) is 4.31 Å². The van der Waals surface area contributed by atoms with Crippen molar-refractivity contribution in [2.24, 2.45) is 11.8 Å². The summed E-state index contributed by atoms with van der Waals surface area (Å²) < 4.78 is 87.7. The van der Waals surface area contributed by atoms with E-state index in [9.17, 15) is 27.1 Å². The van der Waals surface area contributed by atoms with Crippen LogP contribution in [-0.2, 0) is 37.3 Å². The van der Waals surface area contributed by atoms with E-state index in [1.165, 1.54) is 0 Å². The van der Waals surface area contributed by atoms with Crippen molar-refractivity contribution < 1.29 is 55.5 Å². The number of rotatable bonds is 14. The summed E-state index contributed by atoms with van der Waals surface area (Å²) in [6.45, 7) is 4.19. The number of nitrogens with one attached hydrogen (secondary N) is 1. The number of fused-ring (bicyclic) bond motifs is 2. The Kier molecular flexibility index (Phi) is 10.8. The number of carbonyl (C=O) groups excluding carboxylic acids is 1. The lowest BCUT2D eigenvalue weighted by Gasteiger charge is -2.31. The van der Waals surface area contributed by atoms with Gasteiger partial charge in [0.15, 0.2) is 17.8 Å². The molecule has 5 atom stereocenters. The van der Waals surface area contributed by atoms with Crippen molar-refractivity contribution >= 4 is 16.1 Å². The highest BCUT2D eigenvalue weighted by Gasteiger charge is 2.45. The summed E-state index contributed by atoms with van der Waals surface area (Å²) in [4.78, 5) is 12.9. The molecule has 0 radical (unpaired) electrons. The Labute approximate surface area is 289 Å². The quantitative estimate of drug-likeness (QED) is 0.241. The van der Waals surface area contributed by atoms with Crippen LogP contribution in [0.3, 0.4) is 0 Å². The molecule has 3 aliphatic heterocycles. The minimum atomic E-state index is -4.35. The Morgan fingerprint density at radius 2 is 1.74 bits per heavy atom. The van der Waals surface area contributed by atoms with Gasteiger partial charge >= 0.3 is 12.4 Å². The van der Waals surface area contributed by atoms with Crippen LogP contribution in [0.15, 0.2) is 77.7 Å². The first-order valence-electron chi connectivity index (χ1n) is 16.4. The van der Waals surface area contributed by atoms with Crippen LogP contribution in [0.25, 0.3) is 0 Å². The van der Waals surface area contributed by atoms with Crippen LogP contribution >= 0.6 is 0 Å². The highest BCUT2D eigenvalue weighted by Crippen LogP contribution is 2.42. The maximum absolute atomic E-state index is 13.9. The molecule has 2 saturated heterocycles. The van der Waals surface area contributed by atoms with Gasteiger partial charge in [0.05, 0.1) is 36.2 Å². The minimum Gasteiger partial charge on any atom is -0.489 e. The topological polar surface area (TPSA) is 142 Å². The molecule has 0 aliphatic carbocycles. The van der Waals surface area contributed by atoms with Gasteiger partial charge in [0, 0.05) is 19.2 Å². The lowest BCUT2D eigenvalue weighted by Crippen LogP contribution is -2.51. The Morgan fingerprint density at radius 1 is 1.00 bits per heavy atom. The molecular formula is C35H40F2N2O10S. The van der Waals surface area contributed by atoms with E-state index in [1.807, 2.05) is 30.3 Å². The van der Waals surface area contributed by atoms with Crippen molar-refractivity contribution in [2.45, 2.75) is 69.0 Å². The van der Waals surface area contributed by atoms with Crippen molar-refractivity contribution in [1.82, 2.24) is 9.62 Å². The van der Waals surface area contributed by atoms with Gasteiger partial charge in [-0.1, -0.05) is 56.3 Å². The maximum atomic E-state index is 13.9. The molecule has 3 aliphatic rings. The fourth-order valence-corrected chi connectivity index (χ4v) is 7.76. The molecule has 12 nitrogen and oxygen atoms in total. The number of amides is 1. The first-order valence-corrected chi connectivity index (χ1v) is 17.8. The molecule has 6 rings (SSSR count). The van der Waals surface area contributed by atoms with Gasteiger partial charge in [0.1, 0.15) is 18.5 Å². The summed E-state index contributed by atoms with van der Waals surface area (Å²) in [7, 11) is -4.35. The van der Waals surface area contributed by atoms with Crippen molar-refractivity contribution in [2.75, 3.05) is 26.3 Å². The lowest BCUT2D eigenvalue weighted by molar-refractivity contribution is -0.286. The molecular weight excluding hydrogens is 678 g/mol. The first-order chi connectivity index (χ1) is 23.9. The molecule has 2 fully saturated rings. The molecule has 2 N–H and O–H groups in total. The standard InChI is InChI=1S/C35H40F2N2O10S/c1-22(2)18-39(50(42,43)26-12-13-30-31(17-26)49-35(36,37)48-30)19-29(40)28(38-34(41)47-32-21-46-33-27(32)14-15-44-33)16-23-8-10-25(11-9-23)45-20-24-6-4-3-5-7-24/h3-13,17,22,27-29,32-33,40H,14-16,18-21H2,1-2H3,(H,38,41). The molecule has 0 bridgehead atoms. The predicted molar refractivity (Wildman–Crippen MR) is 174 cm³/mol. The van der Waals surface area contributed by atoms with Crippen LogP contribution in [0.5, 0.6) is 17.2 Å². The van der Waals surface area contributed by atoms with Crippen LogP contribution in [0.1, 0.15) is 31.4 Å². The Morgan fingerprint density at radius 3 is 2.48 bits per heavy atom. The van der Waals surface area contributed by atoms with E-state index >= 15 is 0 Å². The molecule has 5 unspecified atom stereocenters. The fraction of sp³-hybridized carbons (Fsp3) is 0.457. The molecule has 3 heterocycles. The highest BCUT2D eigenvalue weighted by molar-refractivity contribution is 7.89. The third-order valence-electron chi connectivity index (χ3n) is 8.61. The minimum absolute atomic E-state index is 0.0168. The number of hydrogen-bond acceptors (Lipinski definition) is 10. The number of benzene rings is 3. The van der Waals surface area contributed by atoms with E-state index < -0.39 is 59.2 Å². The van der Waals surface area contributed by atoms with Gasteiger partial charge in [-0.15, -0.1) is 8.78 Å². The normalized spacial score (nSPS) is 21.9. The number of alkyl halides is 2. The summed E-state index contributed by atoms with van der Waals surface area (Å²) in [5.41, 5.74) is 1.73. The monoisotopic (exact) mass is 718 g/mol. The second kappa shape index (κ2) is 15.1. The zero-order chi connectivity index (χ0) is 35.5. The highest BCUT2D eigenvalue weighted by atomic mass is 32.2. The molecule has 3 aromatic carbocycles. The second-order valence-corrected chi connectivity index (χ2v) is 14.8. The molecule has 0 saturated carbocycles. The van der Waals surface area contributed by atoms with Gasteiger partial charge in [0.2, 0.25) is 10.0 Å².